The molecule has 9 nitrogen and oxygen atoms in total. The number of amides is 1. The number of hydrogen-bond acceptors (Lipinski definition) is 8. The molecule has 4 heterocycles. The number of cyclic esters (lactones) is 1. The maximum atomic E-state index is 15.8. The Morgan fingerprint density at radius 3 is 2.42 bits per heavy atom. The summed E-state index contributed by atoms with van der Waals surface area (Å²) in [6, 6.07) is 1.74. The number of ether oxygens (including phenoxy) is 4. The molecule has 10 heteroatoms. The van der Waals surface area contributed by atoms with Crippen molar-refractivity contribution in [2.45, 2.75) is 32.3 Å². The van der Waals surface area contributed by atoms with Crippen LogP contribution in [-0.4, -0.2) is 62.9 Å². The molecule has 0 radical (unpaired) electrons. The van der Waals surface area contributed by atoms with Crippen LogP contribution in [0.5, 0.6) is 0 Å². The smallest absolute Gasteiger partial charge is 0.415 e. The third-order valence-corrected chi connectivity index (χ3v) is 5.32. The van der Waals surface area contributed by atoms with Crippen molar-refractivity contribution in [3.8, 4) is 0 Å². The molecule has 3 saturated heterocycles. The molecule has 3 aliphatic rings. The minimum atomic E-state index is -0.703. The third kappa shape index (κ3) is 3.86. The van der Waals surface area contributed by atoms with Gasteiger partial charge >= 0.3 is 6.09 Å². The van der Waals surface area contributed by atoms with Gasteiger partial charge in [0.05, 0.1) is 43.0 Å². The lowest BCUT2D eigenvalue weighted by atomic mass is 10.1. The largest absolute Gasteiger partial charge is 0.447 e. The Morgan fingerprint density at radius 2 is 1.81 bits per heavy atom. The lowest BCUT2D eigenvalue weighted by molar-refractivity contribution is -0.0445. The van der Waals surface area contributed by atoms with Crippen LogP contribution in [0.15, 0.2) is 23.7 Å². The molecule has 1 aromatic heterocycles. The fraction of sp³-hybridized carbons (Fsp3) is 0.524. The Morgan fingerprint density at radius 1 is 1.13 bits per heavy atom. The molecule has 0 bridgehead atoms. The van der Waals surface area contributed by atoms with Gasteiger partial charge in [-0.05, 0) is 19.9 Å². The molecule has 0 N–H and O–H groups in total. The van der Waals surface area contributed by atoms with E-state index >= 15 is 4.39 Å². The van der Waals surface area contributed by atoms with Gasteiger partial charge in [0.1, 0.15) is 6.61 Å². The van der Waals surface area contributed by atoms with Crippen molar-refractivity contribution < 1.29 is 32.7 Å². The molecule has 0 aliphatic carbocycles. The van der Waals surface area contributed by atoms with E-state index in [1.54, 1.807) is 6.07 Å². The van der Waals surface area contributed by atoms with E-state index in [1.807, 2.05) is 18.7 Å². The molecule has 31 heavy (non-hydrogen) atoms. The third-order valence-electron chi connectivity index (χ3n) is 5.32. The highest BCUT2D eigenvalue weighted by atomic mass is 19.1. The van der Waals surface area contributed by atoms with Crippen LogP contribution in [0.2, 0.25) is 0 Å². The van der Waals surface area contributed by atoms with Crippen LogP contribution in [0.3, 0.4) is 0 Å². The topological polar surface area (TPSA) is 86.5 Å². The molecule has 1 aromatic carbocycles. The molecular weight excluding hydrogens is 409 g/mol. The molecule has 2 aromatic rings. The number of anilines is 2. The fourth-order valence-electron chi connectivity index (χ4n) is 4.22. The number of hydrogen-bond donors (Lipinski definition) is 0. The number of fused-ring (bicyclic) bond motifs is 1. The summed E-state index contributed by atoms with van der Waals surface area (Å²) in [5.41, 5.74) is 0.896. The maximum Gasteiger partial charge on any atom is 0.415 e. The summed E-state index contributed by atoms with van der Waals surface area (Å²) in [5.74, 6) is -0.319. The van der Waals surface area contributed by atoms with Crippen LogP contribution < -0.4 is 9.80 Å². The summed E-state index contributed by atoms with van der Waals surface area (Å²) in [6.07, 6.45) is -1.35. The van der Waals surface area contributed by atoms with Crippen molar-refractivity contribution in [1.82, 2.24) is 5.16 Å². The van der Waals surface area contributed by atoms with Crippen molar-refractivity contribution in [3.05, 3.63) is 30.6 Å². The summed E-state index contributed by atoms with van der Waals surface area (Å²) in [7, 11) is 0. The van der Waals surface area contributed by atoms with Gasteiger partial charge in [0.15, 0.2) is 17.9 Å². The fourth-order valence-corrected chi connectivity index (χ4v) is 4.22. The first-order valence-corrected chi connectivity index (χ1v) is 10.2. The molecule has 0 unspecified atom stereocenters. The van der Waals surface area contributed by atoms with Gasteiger partial charge < -0.3 is 28.4 Å². The second-order valence-corrected chi connectivity index (χ2v) is 7.51. The van der Waals surface area contributed by atoms with Crippen LogP contribution in [0.4, 0.5) is 20.7 Å². The highest BCUT2D eigenvalue weighted by Gasteiger charge is 2.35. The molecule has 3 aliphatic heterocycles. The minimum absolute atomic E-state index is 0.0109. The quantitative estimate of drug-likeness (QED) is 0.679. The van der Waals surface area contributed by atoms with Crippen molar-refractivity contribution in [2.24, 2.45) is 0 Å². The summed E-state index contributed by atoms with van der Waals surface area (Å²) in [5, 5.41) is 4.34. The zero-order valence-corrected chi connectivity index (χ0v) is 17.6. The summed E-state index contributed by atoms with van der Waals surface area (Å²) in [4.78, 5) is 15.3. The van der Waals surface area contributed by atoms with Crippen LogP contribution in [-0.2, 0) is 18.9 Å². The van der Waals surface area contributed by atoms with Crippen molar-refractivity contribution in [3.63, 3.8) is 0 Å². The van der Waals surface area contributed by atoms with E-state index in [1.165, 1.54) is 4.90 Å². The minimum Gasteiger partial charge on any atom is -0.447 e. The van der Waals surface area contributed by atoms with Gasteiger partial charge in [0.2, 0.25) is 5.58 Å². The van der Waals surface area contributed by atoms with E-state index < -0.39 is 18.2 Å². The van der Waals surface area contributed by atoms with E-state index in [0.29, 0.717) is 49.5 Å². The lowest BCUT2D eigenvalue weighted by Gasteiger charge is -2.38. The number of benzene rings is 1. The van der Waals surface area contributed by atoms with Gasteiger partial charge in [0.25, 0.3) is 0 Å². The summed E-state index contributed by atoms with van der Waals surface area (Å²) < 4.78 is 43.2. The SMILES string of the molecule is C=C.C[C@@H]1CN(c2c(C3OCCO3)cc3c(N4CCOC4=O)noc3c2F)C[C@@H](C)O1. The van der Waals surface area contributed by atoms with Gasteiger partial charge in [-0.2, -0.15) is 0 Å². The Bertz CT molecular complexity index is 950. The number of nitrogens with zero attached hydrogens (tertiary/aromatic N) is 3. The number of carbonyl (C=O) groups is 1. The van der Waals surface area contributed by atoms with Crippen molar-refractivity contribution >= 4 is 28.6 Å². The van der Waals surface area contributed by atoms with Crippen LogP contribution in [0.25, 0.3) is 11.0 Å². The average molecular weight is 435 g/mol. The normalized spacial score (nSPS) is 24.4. The molecule has 3 fully saturated rings. The predicted molar refractivity (Wildman–Crippen MR) is 111 cm³/mol. The van der Waals surface area contributed by atoms with Crippen LogP contribution >= 0.6 is 0 Å². The number of halogens is 1. The van der Waals surface area contributed by atoms with E-state index in [4.69, 9.17) is 23.5 Å². The van der Waals surface area contributed by atoms with Crippen molar-refractivity contribution in [1.29, 1.82) is 0 Å². The van der Waals surface area contributed by atoms with Crippen LogP contribution in [0.1, 0.15) is 25.7 Å². The standard InChI is InChI=1S/C19H22FN3O6.C2H4/c1-10-8-22(9-11(2)28-10)15-12(18-25-5-6-26-18)7-13-16(14(15)20)29-21-17(13)23-3-4-27-19(23)24;1-2/h7,10-11,18H,3-6,8-9H2,1-2H3;1-2H2/t10-,11-;/m1./s1. The second kappa shape index (κ2) is 8.81. The van der Waals surface area contributed by atoms with Gasteiger partial charge in [-0.25, -0.2) is 9.18 Å². The first kappa shape index (κ1) is 21.5. The average Bonchev–Trinajstić information content (AvgIpc) is 3.49. The second-order valence-electron chi connectivity index (χ2n) is 7.51. The van der Waals surface area contributed by atoms with Crippen molar-refractivity contribution in [2.75, 3.05) is 49.3 Å². The molecular formula is C21H26FN3O6. The van der Waals surface area contributed by atoms with E-state index in [9.17, 15) is 4.79 Å². The first-order valence-electron chi connectivity index (χ1n) is 10.2. The molecule has 5 rings (SSSR count). The zero-order valence-electron chi connectivity index (χ0n) is 17.6. The van der Waals surface area contributed by atoms with E-state index in [2.05, 4.69) is 18.3 Å². The number of morpholine rings is 1. The number of aromatic nitrogens is 1. The Balaban J connectivity index is 0.00000112. The lowest BCUT2D eigenvalue weighted by Crippen LogP contribution is -2.46. The highest BCUT2D eigenvalue weighted by Crippen LogP contribution is 2.42. The molecule has 168 valence electrons. The monoisotopic (exact) mass is 435 g/mol. The van der Waals surface area contributed by atoms with Gasteiger partial charge in [-0.15, -0.1) is 13.2 Å². The highest BCUT2D eigenvalue weighted by molar-refractivity contribution is 6.00. The van der Waals surface area contributed by atoms with Gasteiger partial charge in [0, 0.05) is 18.7 Å². The maximum absolute atomic E-state index is 15.8. The Hall–Kier alpha value is -2.69. The summed E-state index contributed by atoms with van der Waals surface area (Å²) >= 11 is 0. The number of rotatable bonds is 3. The number of carbonyl (C=O) groups excluding carboxylic acids is 1. The molecule has 1 amide bonds. The van der Waals surface area contributed by atoms with E-state index in [-0.39, 0.29) is 30.2 Å². The molecule has 2 atom stereocenters. The molecule has 0 spiro atoms. The van der Waals surface area contributed by atoms with E-state index in [0.717, 1.165) is 0 Å². The summed E-state index contributed by atoms with van der Waals surface area (Å²) in [6.45, 7) is 12.4. The first-order chi connectivity index (χ1) is 15.0. The van der Waals surface area contributed by atoms with Crippen LogP contribution in [0, 0.1) is 5.82 Å². The predicted octanol–water partition coefficient (Wildman–Crippen LogP) is 3.38. The van der Waals surface area contributed by atoms with Gasteiger partial charge in [-0.3, -0.25) is 4.90 Å². The molecule has 0 saturated carbocycles. The van der Waals surface area contributed by atoms with Gasteiger partial charge in [-0.1, -0.05) is 5.16 Å². The Labute approximate surface area is 179 Å². The Kier molecular flexibility index (Phi) is 6.12. The zero-order chi connectivity index (χ0) is 22.1.